The molecule has 1 heterocycles. The standard InChI is InChI=1S/C22H26F3N3O3S/c1-3-12-32(30,31)26-17-6-4-16(5-7-17)22(29)28-11-10-27(13-15(28)2)14-18-19(23)8-9-20(24)21(18)25/h4-9,15,26H,3,10-14H2,1-2H3/t15-/m1/s1. The summed E-state index contributed by atoms with van der Waals surface area (Å²) in [7, 11) is -3.42. The van der Waals surface area contributed by atoms with Gasteiger partial charge in [0, 0.05) is 49.0 Å². The lowest BCUT2D eigenvalue weighted by atomic mass is 10.1. The molecule has 3 rings (SSSR count). The van der Waals surface area contributed by atoms with Gasteiger partial charge in [0.2, 0.25) is 10.0 Å². The first-order chi connectivity index (χ1) is 15.1. The van der Waals surface area contributed by atoms with E-state index in [1.165, 1.54) is 12.1 Å². The molecule has 6 nitrogen and oxygen atoms in total. The van der Waals surface area contributed by atoms with Crippen LogP contribution in [0.25, 0.3) is 0 Å². The van der Waals surface area contributed by atoms with Crippen molar-refractivity contribution in [3.05, 3.63) is 65.0 Å². The van der Waals surface area contributed by atoms with Crippen molar-refractivity contribution in [3.63, 3.8) is 0 Å². The van der Waals surface area contributed by atoms with Crippen LogP contribution in [0.1, 0.15) is 36.2 Å². The molecule has 2 aromatic rings. The van der Waals surface area contributed by atoms with E-state index in [1.54, 1.807) is 28.9 Å². The van der Waals surface area contributed by atoms with Gasteiger partial charge in [0.15, 0.2) is 11.6 Å². The summed E-state index contributed by atoms with van der Waals surface area (Å²) in [4.78, 5) is 16.4. The Balaban J connectivity index is 1.63. The highest BCUT2D eigenvalue weighted by Gasteiger charge is 2.29. The minimum absolute atomic E-state index is 0.0128. The molecule has 1 amide bonds. The number of hydrogen-bond acceptors (Lipinski definition) is 4. The van der Waals surface area contributed by atoms with Crippen LogP contribution in [0.15, 0.2) is 36.4 Å². The number of anilines is 1. The Morgan fingerprint density at radius 2 is 1.72 bits per heavy atom. The molecular weight excluding hydrogens is 443 g/mol. The fraction of sp³-hybridized carbons (Fsp3) is 0.409. The van der Waals surface area contributed by atoms with Gasteiger partial charge in [0.05, 0.1) is 5.75 Å². The first-order valence-electron chi connectivity index (χ1n) is 10.4. The van der Waals surface area contributed by atoms with Crippen molar-refractivity contribution >= 4 is 21.6 Å². The fourth-order valence-electron chi connectivity index (χ4n) is 3.76. The van der Waals surface area contributed by atoms with Crippen molar-refractivity contribution < 1.29 is 26.4 Å². The molecule has 1 aliphatic heterocycles. The number of piperazine rings is 1. The maximum Gasteiger partial charge on any atom is 0.254 e. The number of carbonyl (C=O) groups excluding carboxylic acids is 1. The van der Waals surface area contributed by atoms with Crippen molar-refractivity contribution in [3.8, 4) is 0 Å². The summed E-state index contributed by atoms with van der Waals surface area (Å²) in [6.07, 6.45) is 0.494. The number of carbonyl (C=O) groups is 1. The zero-order chi connectivity index (χ0) is 23.5. The van der Waals surface area contributed by atoms with Crippen LogP contribution in [0.3, 0.4) is 0 Å². The van der Waals surface area contributed by atoms with E-state index >= 15 is 0 Å². The van der Waals surface area contributed by atoms with Crippen molar-refractivity contribution in [2.45, 2.75) is 32.9 Å². The molecule has 0 aliphatic carbocycles. The molecular formula is C22H26F3N3O3S. The van der Waals surface area contributed by atoms with Gasteiger partial charge in [0.25, 0.3) is 5.91 Å². The molecule has 1 N–H and O–H groups in total. The van der Waals surface area contributed by atoms with Crippen LogP contribution < -0.4 is 4.72 Å². The van der Waals surface area contributed by atoms with Crippen molar-refractivity contribution in [1.82, 2.24) is 9.80 Å². The monoisotopic (exact) mass is 469 g/mol. The van der Waals surface area contributed by atoms with E-state index in [0.717, 1.165) is 12.1 Å². The van der Waals surface area contributed by atoms with E-state index in [2.05, 4.69) is 4.72 Å². The van der Waals surface area contributed by atoms with Crippen LogP contribution in [-0.4, -0.2) is 55.6 Å². The average Bonchev–Trinajstić information content (AvgIpc) is 2.74. The average molecular weight is 470 g/mol. The third-order valence-electron chi connectivity index (χ3n) is 5.37. The van der Waals surface area contributed by atoms with Gasteiger partial charge in [-0.2, -0.15) is 0 Å². The predicted octanol–water partition coefficient (Wildman–Crippen LogP) is 3.60. The minimum atomic E-state index is -3.42. The number of amides is 1. The molecule has 10 heteroatoms. The second-order valence-electron chi connectivity index (χ2n) is 7.90. The van der Waals surface area contributed by atoms with E-state index in [9.17, 15) is 26.4 Å². The quantitative estimate of drug-likeness (QED) is 0.629. The number of halogens is 3. The first-order valence-corrected chi connectivity index (χ1v) is 12.0. The van der Waals surface area contributed by atoms with E-state index in [-0.39, 0.29) is 29.8 Å². The number of hydrogen-bond donors (Lipinski definition) is 1. The first kappa shape index (κ1) is 24.1. The van der Waals surface area contributed by atoms with E-state index in [0.29, 0.717) is 37.3 Å². The topological polar surface area (TPSA) is 69.7 Å². The third kappa shape index (κ3) is 5.60. The molecule has 0 bridgehead atoms. The zero-order valence-corrected chi connectivity index (χ0v) is 18.8. The Bertz CT molecular complexity index is 1080. The fourth-order valence-corrected chi connectivity index (χ4v) is 4.90. The maximum absolute atomic E-state index is 14.0. The Kier molecular flexibility index (Phi) is 7.45. The highest BCUT2D eigenvalue weighted by Crippen LogP contribution is 2.21. The molecule has 0 saturated carbocycles. The number of sulfonamides is 1. The maximum atomic E-state index is 14.0. The van der Waals surface area contributed by atoms with Crippen LogP contribution >= 0.6 is 0 Å². The normalized spacial score (nSPS) is 17.4. The van der Waals surface area contributed by atoms with Crippen molar-refractivity contribution in [2.24, 2.45) is 0 Å². The zero-order valence-electron chi connectivity index (χ0n) is 17.9. The van der Waals surface area contributed by atoms with Gasteiger partial charge in [0.1, 0.15) is 5.82 Å². The molecule has 32 heavy (non-hydrogen) atoms. The minimum Gasteiger partial charge on any atom is -0.333 e. The summed E-state index contributed by atoms with van der Waals surface area (Å²) < 4.78 is 67.6. The summed E-state index contributed by atoms with van der Waals surface area (Å²) in [5, 5.41) is 0. The van der Waals surface area contributed by atoms with Crippen LogP contribution in [0, 0.1) is 17.5 Å². The van der Waals surface area contributed by atoms with Crippen molar-refractivity contribution in [1.29, 1.82) is 0 Å². The summed E-state index contributed by atoms with van der Waals surface area (Å²) in [6.45, 7) is 4.59. The largest absolute Gasteiger partial charge is 0.333 e. The van der Waals surface area contributed by atoms with Gasteiger partial charge in [-0.3, -0.25) is 14.4 Å². The lowest BCUT2D eigenvalue weighted by Crippen LogP contribution is -2.53. The van der Waals surface area contributed by atoms with Crippen LogP contribution in [0.2, 0.25) is 0 Å². The number of nitrogens with zero attached hydrogens (tertiary/aromatic N) is 2. The smallest absolute Gasteiger partial charge is 0.254 e. The summed E-state index contributed by atoms with van der Waals surface area (Å²) in [6, 6.07) is 7.62. The molecule has 1 fully saturated rings. The molecule has 174 valence electrons. The van der Waals surface area contributed by atoms with Gasteiger partial charge in [-0.1, -0.05) is 6.92 Å². The molecule has 0 radical (unpaired) electrons. The summed E-state index contributed by atoms with van der Waals surface area (Å²) in [5.41, 5.74) is 0.469. The molecule has 1 aliphatic rings. The molecule has 0 spiro atoms. The van der Waals surface area contributed by atoms with Crippen LogP contribution in [-0.2, 0) is 16.6 Å². The Hall–Kier alpha value is -2.59. The Morgan fingerprint density at radius 3 is 2.34 bits per heavy atom. The van der Waals surface area contributed by atoms with Gasteiger partial charge >= 0.3 is 0 Å². The second-order valence-corrected chi connectivity index (χ2v) is 9.74. The molecule has 1 saturated heterocycles. The molecule has 1 atom stereocenters. The van der Waals surface area contributed by atoms with Crippen LogP contribution in [0.5, 0.6) is 0 Å². The Morgan fingerprint density at radius 1 is 1.06 bits per heavy atom. The second kappa shape index (κ2) is 9.91. The SMILES string of the molecule is CCCS(=O)(=O)Nc1ccc(C(=O)N2CCN(Cc3c(F)ccc(F)c3F)C[C@H]2C)cc1. The third-order valence-corrected chi connectivity index (χ3v) is 6.86. The van der Waals surface area contributed by atoms with E-state index in [1.807, 2.05) is 6.92 Å². The number of nitrogens with one attached hydrogen (secondary N) is 1. The lowest BCUT2D eigenvalue weighted by Gasteiger charge is -2.40. The number of rotatable bonds is 7. The summed E-state index contributed by atoms with van der Waals surface area (Å²) in [5.74, 6) is -3.29. The molecule has 0 aromatic heterocycles. The lowest BCUT2D eigenvalue weighted by molar-refractivity contribution is 0.0470. The van der Waals surface area contributed by atoms with Crippen LogP contribution in [0.4, 0.5) is 18.9 Å². The van der Waals surface area contributed by atoms with Gasteiger partial charge in [-0.05, 0) is 49.7 Å². The number of benzene rings is 2. The van der Waals surface area contributed by atoms with E-state index in [4.69, 9.17) is 0 Å². The summed E-state index contributed by atoms with van der Waals surface area (Å²) >= 11 is 0. The molecule has 0 unspecified atom stereocenters. The van der Waals surface area contributed by atoms with Gasteiger partial charge < -0.3 is 4.90 Å². The van der Waals surface area contributed by atoms with Gasteiger partial charge in [-0.25, -0.2) is 21.6 Å². The van der Waals surface area contributed by atoms with Crippen molar-refractivity contribution in [2.75, 3.05) is 30.1 Å². The highest BCUT2D eigenvalue weighted by molar-refractivity contribution is 7.92. The van der Waals surface area contributed by atoms with E-state index < -0.39 is 27.5 Å². The highest BCUT2D eigenvalue weighted by atomic mass is 32.2. The molecule has 2 aromatic carbocycles. The van der Waals surface area contributed by atoms with Gasteiger partial charge in [-0.15, -0.1) is 0 Å². The predicted molar refractivity (Wildman–Crippen MR) is 116 cm³/mol. The Labute approximate surface area is 186 Å².